The molecule has 0 spiro atoms. The SMILES string of the molecule is O=C(NO)c1ccc2c(=O)n(Cc3ccc(C(F)(F)F)cc3)c(CC3CCCCC3)nc2c1. The van der Waals surface area contributed by atoms with E-state index in [1.54, 1.807) is 5.48 Å². The molecule has 2 aromatic carbocycles. The molecule has 0 bridgehead atoms. The van der Waals surface area contributed by atoms with Crippen molar-refractivity contribution in [2.75, 3.05) is 0 Å². The maximum absolute atomic E-state index is 13.4. The fourth-order valence-corrected chi connectivity index (χ4v) is 4.42. The van der Waals surface area contributed by atoms with Gasteiger partial charge >= 0.3 is 6.18 Å². The summed E-state index contributed by atoms with van der Waals surface area (Å²) >= 11 is 0. The van der Waals surface area contributed by atoms with Gasteiger partial charge in [0.1, 0.15) is 5.82 Å². The van der Waals surface area contributed by atoms with Crippen LogP contribution in [0, 0.1) is 5.92 Å². The predicted molar refractivity (Wildman–Crippen MR) is 116 cm³/mol. The minimum Gasteiger partial charge on any atom is -0.292 e. The smallest absolute Gasteiger partial charge is 0.292 e. The van der Waals surface area contributed by atoms with Gasteiger partial charge in [-0.2, -0.15) is 13.2 Å². The third kappa shape index (κ3) is 5.08. The first-order chi connectivity index (χ1) is 15.8. The Kier molecular flexibility index (Phi) is 6.51. The molecular formula is C24H24F3N3O3. The predicted octanol–water partition coefficient (Wildman–Crippen LogP) is 4.71. The minimum absolute atomic E-state index is 0.0981. The van der Waals surface area contributed by atoms with E-state index >= 15 is 0 Å². The number of fused-ring (bicyclic) bond motifs is 1. The molecule has 174 valence electrons. The molecule has 1 saturated carbocycles. The first kappa shape index (κ1) is 23.0. The Balaban J connectivity index is 1.76. The van der Waals surface area contributed by atoms with Gasteiger partial charge in [-0.05, 0) is 41.8 Å². The maximum atomic E-state index is 13.4. The van der Waals surface area contributed by atoms with Gasteiger partial charge in [-0.3, -0.25) is 19.4 Å². The highest BCUT2D eigenvalue weighted by Crippen LogP contribution is 2.30. The molecule has 1 heterocycles. The molecule has 0 radical (unpaired) electrons. The summed E-state index contributed by atoms with van der Waals surface area (Å²) in [7, 11) is 0. The quantitative estimate of drug-likeness (QED) is 0.428. The summed E-state index contributed by atoms with van der Waals surface area (Å²) in [4.78, 5) is 29.8. The van der Waals surface area contributed by atoms with Crippen molar-refractivity contribution in [3.63, 3.8) is 0 Å². The van der Waals surface area contributed by atoms with Gasteiger partial charge in [0.25, 0.3) is 11.5 Å². The van der Waals surface area contributed by atoms with Crippen molar-refractivity contribution in [2.45, 2.75) is 51.2 Å². The van der Waals surface area contributed by atoms with Crippen LogP contribution in [0.15, 0.2) is 47.3 Å². The van der Waals surface area contributed by atoms with E-state index in [-0.39, 0.29) is 17.7 Å². The average molecular weight is 459 g/mol. The van der Waals surface area contributed by atoms with Gasteiger partial charge in [0, 0.05) is 12.0 Å². The highest BCUT2D eigenvalue weighted by Gasteiger charge is 2.30. The standard InChI is InChI=1S/C24H24F3N3O3/c25-24(26,27)18-9-6-16(7-10-18)14-30-21(12-15-4-2-1-3-5-15)28-20-13-17(22(31)29-33)8-11-19(20)23(30)32/h6-11,13,15,33H,1-5,12,14H2,(H,29,31). The Bertz CT molecular complexity index is 1210. The van der Waals surface area contributed by atoms with Gasteiger partial charge in [0.15, 0.2) is 0 Å². The maximum Gasteiger partial charge on any atom is 0.416 e. The number of hydrogen-bond donors (Lipinski definition) is 2. The van der Waals surface area contributed by atoms with Gasteiger partial charge < -0.3 is 0 Å². The van der Waals surface area contributed by atoms with Crippen LogP contribution in [-0.2, 0) is 19.1 Å². The summed E-state index contributed by atoms with van der Waals surface area (Å²) in [5, 5.41) is 9.20. The molecule has 4 rings (SSSR count). The largest absolute Gasteiger partial charge is 0.416 e. The van der Waals surface area contributed by atoms with Crippen LogP contribution in [0.4, 0.5) is 13.2 Å². The summed E-state index contributed by atoms with van der Waals surface area (Å²) in [6.45, 7) is 0.0981. The summed E-state index contributed by atoms with van der Waals surface area (Å²) in [5.41, 5.74) is 1.58. The first-order valence-electron chi connectivity index (χ1n) is 10.9. The number of alkyl halides is 3. The number of nitrogens with zero attached hydrogens (tertiary/aromatic N) is 2. The highest BCUT2D eigenvalue weighted by molar-refractivity contribution is 5.96. The number of hydrogen-bond acceptors (Lipinski definition) is 4. The van der Waals surface area contributed by atoms with Gasteiger partial charge in [0.2, 0.25) is 0 Å². The Labute approximate surface area is 188 Å². The fraction of sp³-hybridized carbons (Fsp3) is 0.375. The third-order valence-corrected chi connectivity index (χ3v) is 6.22. The summed E-state index contributed by atoms with van der Waals surface area (Å²) in [6, 6.07) is 9.11. The second-order valence-corrected chi connectivity index (χ2v) is 8.50. The van der Waals surface area contributed by atoms with E-state index in [0.717, 1.165) is 37.8 Å². The number of carbonyl (C=O) groups excluding carboxylic acids is 1. The first-order valence-corrected chi connectivity index (χ1v) is 10.9. The van der Waals surface area contributed by atoms with Crippen LogP contribution in [-0.4, -0.2) is 20.7 Å². The van der Waals surface area contributed by atoms with E-state index in [1.165, 1.54) is 41.3 Å². The molecule has 0 aliphatic heterocycles. The van der Waals surface area contributed by atoms with E-state index in [2.05, 4.69) is 4.98 Å². The minimum atomic E-state index is -4.43. The Hall–Kier alpha value is -3.20. The summed E-state index contributed by atoms with van der Waals surface area (Å²) < 4.78 is 40.3. The normalized spacial score (nSPS) is 15.0. The van der Waals surface area contributed by atoms with Crippen LogP contribution in [0.5, 0.6) is 0 Å². The summed E-state index contributed by atoms with van der Waals surface area (Å²) in [6.07, 6.45) is 1.61. The third-order valence-electron chi connectivity index (χ3n) is 6.22. The number of nitrogens with one attached hydrogen (secondary N) is 1. The summed E-state index contributed by atoms with van der Waals surface area (Å²) in [5.74, 6) is 0.202. The van der Waals surface area contributed by atoms with Gasteiger partial charge in [-0.1, -0.05) is 44.2 Å². The lowest BCUT2D eigenvalue weighted by atomic mass is 9.86. The molecule has 1 amide bonds. The lowest BCUT2D eigenvalue weighted by Gasteiger charge is -2.23. The Morgan fingerprint density at radius 2 is 1.79 bits per heavy atom. The van der Waals surface area contributed by atoms with Gasteiger partial charge in [-0.25, -0.2) is 10.5 Å². The number of amides is 1. The molecule has 2 N–H and O–H groups in total. The van der Waals surface area contributed by atoms with Crippen molar-refractivity contribution in [2.24, 2.45) is 5.92 Å². The lowest BCUT2D eigenvalue weighted by molar-refractivity contribution is -0.137. The molecule has 0 unspecified atom stereocenters. The highest BCUT2D eigenvalue weighted by atomic mass is 19.4. The average Bonchev–Trinajstić information content (AvgIpc) is 2.81. The molecule has 3 aromatic rings. The van der Waals surface area contributed by atoms with Crippen LogP contribution in [0.25, 0.3) is 10.9 Å². The van der Waals surface area contributed by atoms with E-state index in [1.807, 2.05) is 0 Å². The number of hydroxylamine groups is 1. The molecule has 0 saturated heterocycles. The van der Waals surface area contributed by atoms with Crippen LogP contribution in [0.2, 0.25) is 0 Å². The number of halogens is 3. The molecule has 1 aliphatic rings. The molecule has 1 fully saturated rings. The zero-order valence-electron chi connectivity index (χ0n) is 17.9. The topological polar surface area (TPSA) is 84.2 Å². The van der Waals surface area contributed by atoms with Crippen molar-refractivity contribution >= 4 is 16.8 Å². The molecule has 0 atom stereocenters. The molecule has 9 heteroatoms. The van der Waals surface area contributed by atoms with E-state index in [0.29, 0.717) is 34.6 Å². The fourth-order valence-electron chi connectivity index (χ4n) is 4.42. The molecular weight excluding hydrogens is 435 g/mol. The van der Waals surface area contributed by atoms with Crippen LogP contribution >= 0.6 is 0 Å². The lowest BCUT2D eigenvalue weighted by Crippen LogP contribution is -2.28. The van der Waals surface area contributed by atoms with Crippen molar-refractivity contribution in [3.8, 4) is 0 Å². The van der Waals surface area contributed by atoms with Crippen LogP contribution in [0.1, 0.15) is 59.4 Å². The van der Waals surface area contributed by atoms with Crippen molar-refractivity contribution in [1.29, 1.82) is 0 Å². The molecule has 1 aliphatic carbocycles. The number of rotatable bonds is 5. The van der Waals surface area contributed by atoms with Crippen LogP contribution in [0.3, 0.4) is 0 Å². The zero-order chi connectivity index (χ0) is 23.6. The van der Waals surface area contributed by atoms with Gasteiger partial charge in [-0.15, -0.1) is 0 Å². The number of carbonyl (C=O) groups is 1. The van der Waals surface area contributed by atoms with Gasteiger partial charge in [0.05, 0.1) is 23.0 Å². The zero-order valence-corrected chi connectivity index (χ0v) is 17.9. The van der Waals surface area contributed by atoms with E-state index in [9.17, 15) is 22.8 Å². The Morgan fingerprint density at radius 1 is 1.09 bits per heavy atom. The van der Waals surface area contributed by atoms with E-state index < -0.39 is 17.6 Å². The second kappa shape index (κ2) is 9.35. The van der Waals surface area contributed by atoms with E-state index in [4.69, 9.17) is 5.21 Å². The van der Waals surface area contributed by atoms with Crippen molar-refractivity contribution in [3.05, 3.63) is 75.3 Å². The van der Waals surface area contributed by atoms with Crippen molar-refractivity contribution < 1.29 is 23.2 Å². The monoisotopic (exact) mass is 459 g/mol. The second-order valence-electron chi connectivity index (χ2n) is 8.50. The van der Waals surface area contributed by atoms with Crippen molar-refractivity contribution in [1.82, 2.24) is 15.0 Å². The number of aromatic nitrogens is 2. The van der Waals surface area contributed by atoms with Crippen LogP contribution < -0.4 is 11.0 Å². The Morgan fingerprint density at radius 3 is 2.42 bits per heavy atom. The number of benzene rings is 2. The molecule has 1 aromatic heterocycles. The molecule has 6 nitrogen and oxygen atoms in total. The molecule has 33 heavy (non-hydrogen) atoms.